The second-order valence-electron chi connectivity index (χ2n) is 8.49. The first-order valence-electron chi connectivity index (χ1n) is 10.8. The summed E-state index contributed by atoms with van der Waals surface area (Å²) in [6.07, 6.45) is 15.9. The molecule has 2 saturated carbocycles. The number of hydrogen-bond donors (Lipinski definition) is 1. The number of likely N-dealkylation sites (tertiary alicyclic amines) is 1. The maximum atomic E-state index is 12.8. The Balaban J connectivity index is 1.42. The molecule has 0 bridgehead atoms. The van der Waals surface area contributed by atoms with E-state index in [-0.39, 0.29) is 17.7 Å². The van der Waals surface area contributed by atoms with Crippen LogP contribution in [0.1, 0.15) is 89.9 Å². The van der Waals surface area contributed by atoms with E-state index in [1.54, 1.807) is 0 Å². The molecule has 4 heteroatoms. The molecule has 25 heavy (non-hydrogen) atoms. The Labute approximate surface area is 153 Å². The molecule has 0 aromatic heterocycles. The van der Waals surface area contributed by atoms with E-state index in [1.807, 2.05) is 0 Å². The second kappa shape index (κ2) is 9.59. The van der Waals surface area contributed by atoms with Gasteiger partial charge in [0, 0.05) is 31.0 Å². The van der Waals surface area contributed by atoms with Gasteiger partial charge in [0.25, 0.3) is 0 Å². The van der Waals surface area contributed by atoms with Crippen molar-refractivity contribution in [3.05, 3.63) is 0 Å². The molecule has 3 rings (SSSR count). The summed E-state index contributed by atoms with van der Waals surface area (Å²) >= 11 is 0. The molecule has 2 amide bonds. The Morgan fingerprint density at radius 2 is 1.16 bits per heavy atom. The highest BCUT2D eigenvalue weighted by atomic mass is 16.2. The van der Waals surface area contributed by atoms with Crippen molar-refractivity contribution < 1.29 is 9.59 Å². The van der Waals surface area contributed by atoms with Gasteiger partial charge in [-0.1, -0.05) is 38.5 Å². The Morgan fingerprint density at radius 1 is 0.640 bits per heavy atom. The fourth-order valence-corrected chi connectivity index (χ4v) is 4.89. The van der Waals surface area contributed by atoms with Crippen LogP contribution in [-0.4, -0.2) is 35.8 Å². The fourth-order valence-electron chi connectivity index (χ4n) is 4.89. The van der Waals surface area contributed by atoms with E-state index in [0.717, 1.165) is 64.5 Å². The van der Waals surface area contributed by atoms with E-state index in [9.17, 15) is 9.59 Å². The first kappa shape index (κ1) is 18.7. The lowest BCUT2D eigenvalue weighted by Gasteiger charge is -2.32. The molecule has 0 unspecified atom stereocenters. The smallest absolute Gasteiger partial charge is 0.225 e. The highest BCUT2D eigenvalue weighted by Crippen LogP contribution is 2.31. The SMILES string of the molecule is O=C(NC1CCCCCC1)C1CCC(C(=O)N2CCCCCC2)CC1. The average molecular weight is 349 g/mol. The van der Waals surface area contributed by atoms with Crippen LogP contribution in [0.5, 0.6) is 0 Å². The lowest BCUT2D eigenvalue weighted by Crippen LogP contribution is -2.42. The van der Waals surface area contributed by atoms with Gasteiger partial charge in [-0.05, 0) is 51.4 Å². The second-order valence-corrected chi connectivity index (χ2v) is 8.49. The molecule has 4 nitrogen and oxygen atoms in total. The molecule has 0 aromatic carbocycles. The number of nitrogens with zero attached hydrogens (tertiary/aromatic N) is 1. The minimum Gasteiger partial charge on any atom is -0.353 e. The summed E-state index contributed by atoms with van der Waals surface area (Å²) in [5.74, 6) is 0.925. The highest BCUT2D eigenvalue weighted by molar-refractivity contribution is 5.81. The van der Waals surface area contributed by atoms with Crippen molar-refractivity contribution in [1.82, 2.24) is 10.2 Å². The van der Waals surface area contributed by atoms with E-state index in [0.29, 0.717) is 11.9 Å². The molecule has 1 aliphatic heterocycles. The molecule has 3 aliphatic rings. The summed E-state index contributed by atoms with van der Waals surface area (Å²) in [5, 5.41) is 3.31. The molecule has 142 valence electrons. The lowest BCUT2D eigenvalue weighted by molar-refractivity contribution is -0.138. The highest BCUT2D eigenvalue weighted by Gasteiger charge is 2.32. The van der Waals surface area contributed by atoms with Gasteiger partial charge in [-0.3, -0.25) is 9.59 Å². The predicted molar refractivity (Wildman–Crippen MR) is 100 cm³/mol. The molecule has 0 spiro atoms. The van der Waals surface area contributed by atoms with Gasteiger partial charge in [0.05, 0.1) is 0 Å². The maximum Gasteiger partial charge on any atom is 0.225 e. The van der Waals surface area contributed by atoms with Crippen LogP contribution in [-0.2, 0) is 9.59 Å². The van der Waals surface area contributed by atoms with Crippen LogP contribution in [0.2, 0.25) is 0 Å². The van der Waals surface area contributed by atoms with Crippen molar-refractivity contribution in [3.63, 3.8) is 0 Å². The van der Waals surface area contributed by atoms with Crippen LogP contribution >= 0.6 is 0 Å². The third kappa shape index (κ3) is 5.46. The third-order valence-corrected chi connectivity index (χ3v) is 6.57. The zero-order valence-corrected chi connectivity index (χ0v) is 15.8. The van der Waals surface area contributed by atoms with Crippen molar-refractivity contribution in [1.29, 1.82) is 0 Å². The van der Waals surface area contributed by atoms with Crippen molar-refractivity contribution in [2.24, 2.45) is 11.8 Å². The van der Waals surface area contributed by atoms with Crippen molar-refractivity contribution in [2.75, 3.05) is 13.1 Å². The summed E-state index contributed by atoms with van der Waals surface area (Å²) in [7, 11) is 0. The fraction of sp³-hybridized carbons (Fsp3) is 0.905. The van der Waals surface area contributed by atoms with Crippen molar-refractivity contribution >= 4 is 11.8 Å². The Morgan fingerprint density at radius 3 is 1.76 bits per heavy atom. The number of carbonyl (C=O) groups excluding carboxylic acids is 2. The third-order valence-electron chi connectivity index (χ3n) is 6.57. The van der Waals surface area contributed by atoms with Gasteiger partial charge in [-0.2, -0.15) is 0 Å². The molecule has 0 radical (unpaired) electrons. The Hall–Kier alpha value is -1.06. The quantitative estimate of drug-likeness (QED) is 0.783. The largest absolute Gasteiger partial charge is 0.353 e. The summed E-state index contributed by atoms with van der Waals surface area (Å²) in [6.45, 7) is 1.89. The minimum atomic E-state index is 0.136. The number of rotatable bonds is 3. The predicted octanol–water partition coefficient (Wildman–Crippen LogP) is 4.03. The zero-order valence-electron chi connectivity index (χ0n) is 15.8. The molecular formula is C21H36N2O2. The first-order valence-corrected chi connectivity index (χ1v) is 10.8. The van der Waals surface area contributed by atoms with Gasteiger partial charge in [-0.25, -0.2) is 0 Å². The minimum absolute atomic E-state index is 0.136. The molecule has 0 aromatic rings. The van der Waals surface area contributed by atoms with Gasteiger partial charge in [0.1, 0.15) is 0 Å². The van der Waals surface area contributed by atoms with E-state index in [4.69, 9.17) is 0 Å². The number of carbonyl (C=O) groups is 2. The van der Waals surface area contributed by atoms with Crippen LogP contribution in [0.25, 0.3) is 0 Å². The number of amides is 2. The van der Waals surface area contributed by atoms with Crippen LogP contribution in [0, 0.1) is 11.8 Å². The first-order chi connectivity index (χ1) is 12.2. The van der Waals surface area contributed by atoms with E-state index < -0.39 is 0 Å². The van der Waals surface area contributed by atoms with Gasteiger partial charge in [-0.15, -0.1) is 0 Å². The average Bonchev–Trinajstić information content (AvgIpc) is 3.06. The Kier molecular flexibility index (Phi) is 7.18. The summed E-state index contributed by atoms with van der Waals surface area (Å²) in [5.41, 5.74) is 0. The molecule has 2 aliphatic carbocycles. The van der Waals surface area contributed by atoms with Crippen LogP contribution in [0.4, 0.5) is 0 Å². The zero-order chi connectivity index (χ0) is 17.5. The standard InChI is InChI=1S/C21H36N2O2/c24-20(22-19-9-5-1-2-6-10-19)17-11-13-18(14-12-17)21(25)23-15-7-3-4-8-16-23/h17-19H,1-16H2,(H,22,24). The van der Waals surface area contributed by atoms with Crippen LogP contribution < -0.4 is 5.32 Å². The van der Waals surface area contributed by atoms with Gasteiger partial charge in [0.2, 0.25) is 11.8 Å². The molecule has 0 atom stereocenters. The summed E-state index contributed by atoms with van der Waals surface area (Å²) < 4.78 is 0. The maximum absolute atomic E-state index is 12.8. The summed E-state index contributed by atoms with van der Waals surface area (Å²) in [4.78, 5) is 27.5. The van der Waals surface area contributed by atoms with Crippen LogP contribution in [0.3, 0.4) is 0 Å². The van der Waals surface area contributed by atoms with E-state index in [1.165, 1.54) is 38.5 Å². The van der Waals surface area contributed by atoms with Gasteiger partial charge in [0.15, 0.2) is 0 Å². The van der Waals surface area contributed by atoms with E-state index >= 15 is 0 Å². The molecule has 1 saturated heterocycles. The topological polar surface area (TPSA) is 49.4 Å². The lowest BCUT2D eigenvalue weighted by atomic mass is 9.80. The molecular weight excluding hydrogens is 312 g/mol. The normalized spacial score (nSPS) is 29.5. The molecule has 3 fully saturated rings. The Bertz CT molecular complexity index is 427. The summed E-state index contributed by atoms with van der Waals surface area (Å²) in [6, 6.07) is 0.395. The molecule has 1 N–H and O–H groups in total. The van der Waals surface area contributed by atoms with Crippen molar-refractivity contribution in [2.45, 2.75) is 95.9 Å². The monoisotopic (exact) mass is 348 g/mol. The van der Waals surface area contributed by atoms with Gasteiger partial charge < -0.3 is 10.2 Å². The molecule has 1 heterocycles. The van der Waals surface area contributed by atoms with Crippen molar-refractivity contribution in [3.8, 4) is 0 Å². The van der Waals surface area contributed by atoms with Crippen LogP contribution in [0.15, 0.2) is 0 Å². The van der Waals surface area contributed by atoms with E-state index in [2.05, 4.69) is 10.2 Å². The van der Waals surface area contributed by atoms with Gasteiger partial charge >= 0.3 is 0 Å². The number of nitrogens with one attached hydrogen (secondary N) is 1. The number of hydrogen-bond acceptors (Lipinski definition) is 2.